The lowest BCUT2D eigenvalue weighted by atomic mass is 10.3. The Hall–Kier alpha value is -2.13. The first-order valence-electron chi connectivity index (χ1n) is 8.06. The molecular formula is C16H20FN5O2S. The molecule has 1 N–H and O–H groups in total. The maximum atomic E-state index is 13.7. The fourth-order valence-electron chi connectivity index (χ4n) is 2.53. The molecule has 0 radical (unpaired) electrons. The van der Waals surface area contributed by atoms with Gasteiger partial charge in [-0.2, -0.15) is 0 Å². The molecule has 0 spiro atoms. The molecule has 0 bridgehead atoms. The molecule has 9 heteroatoms. The van der Waals surface area contributed by atoms with E-state index in [0.29, 0.717) is 55.4 Å². The van der Waals surface area contributed by atoms with Crippen LogP contribution in [0.2, 0.25) is 0 Å². The number of hydrogen-bond acceptors (Lipinski definition) is 6. The summed E-state index contributed by atoms with van der Waals surface area (Å²) in [5.74, 6) is 0.946. The average molecular weight is 365 g/mol. The number of halogens is 1. The second-order valence-corrected chi connectivity index (χ2v) is 6.59. The summed E-state index contributed by atoms with van der Waals surface area (Å²) < 4.78 is 21.0. The molecule has 7 nitrogen and oxygen atoms in total. The smallest absolute Gasteiger partial charge is 0.232 e. The van der Waals surface area contributed by atoms with E-state index < -0.39 is 0 Å². The normalized spacial score (nSPS) is 14.6. The van der Waals surface area contributed by atoms with Crippen LogP contribution in [-0.2, 0) is 9.53 Å². The predicted molar refractivity (Wildman–Crippen MR) is 93.8 cm³/mol. The second-order valence-electron chi connectivity index (χ2n) is 5.53. The SMILES string of the molecule is CC(=O)NCCSc1nnc(N2CCOCC2)n1-c1cccc(F)c1. The number of carbonyl (C=O) groups is 1. The molecule has 25 heavy (non-hydrogen) atoms. The van der Waals surface area contributed by atoms with Gasteiger partial charge in [-0.25, -0.2) is 4.39 Å². The molecule has 1 amide bonds. The van der Waals surface area contributed by atoms with Gasteiger partial charge >= 0.3 is 0 Å². The van der Waals surface area contributed by atoms with Crippen molar-refractivity contribution < 1.29 is 13.9 Å². The van der Waals surface area contributed by atoms with E-state index in [0.717, 1.165) is 0 Å². The molecular weight excluding hydrogens is 345 g/mol. The number of carbonyl (C=O) groups excluding carboxylic acids is 1. The van der Waals surface area contributed by atoms with Crippen molar-refractivity contribution in [1.82, 2.24) is 20.1 Å². The molecule has 1 aromatic carbocycles. The van der Waals surface area contributed by atoms with Crippen molar-refractivity contribution in [2.75, 3.05) is 43.5 Å². The summed E-state index contributed by atoms with van der Waals surface area (Å²) in [6.07, 6.45) is 0. The highest BCUT2D eigenvalue weighted by molar-refractivity contribution is 7.99. The summed E-state index contributed by atoms with van der Waals surface area (Å²) in [6, 6.07) is 6.37. The Balaban J connectivity index is 1.86. The quantitative estimate of drug-likeness (QED) is 0.617. The molecule has 134 valence electrons. The molecule has 3 rings (SSSR count). The second kappa shape index (κ2) is 8.30. The number of morpholine rings is 1. The first-order chi connectivity index (χ1) is 12.1. The molecule has 0 unspecified atom stereocenters. The predicted octanol–water partition coefficient (Wildman–Crippen LogP) is 1.47. The van der Waals surface area contributed by atoms with Crippen LogP contribution < -0.4 is 10.2 Å². The monoisotopic (exact) mass is 365 g/mol. The zero-order valence-corrected chi connectivity index (χ0v) is 14.8. The van der Waals surface area contributed by atoms with Crippen molar-refractivity contribution in [2.24, 2.45) is 0 Å². The van der Waals surface area contributed by atoms with Gasteiger partial charge < -0.3 is 15.0 Å². The van der Waals surface area contributed by atoms with Crippen LogP contribution in [0, 0.1) is 5.82 Å². The Bertz CT molecular complexity index is 733. The molecule has 1 fully saturated rings. The highest BCUT2D eigenvalue weighted by Gasteiger charge is 2.21. The van der Waals surface area contributed by atoms with Crippen LogP contribution in [0.1, 0.15) is 6.92 Å². The summed E-state index contributed by atoms with van der Waals surface area (Å²) in [7, 11) is 0. The molecule has 0 saturated carbocycles. The first-order valence-corrected chi connectivity index (χ1v) is 9.05. The van der Waals surface area contributed by atoms with Crippen LogP contribution >= 0.6 is 11.8 Å². The summed E-state index contributed by atoms with van der Waals surface area (Å²) in [6.45, 7) is 4.69. The van der Waals surface area contributed by atoms with Crippen LogP contribution in [0.3, 0.4) is 0 Å². The van der Waals surface area contributed by atoms with Crippen molar-refractivity contribution in [2.45, 2.75) is 12.1 Å². The van der Waals surface area contributed by atoms with Crippen molar-refractivity contribution in [3.05, 3.63) is 30.1 Å². The van der Waals surface area contributed by atoms with Gasteiger partial charge in [0.1, 0.15) is 5.82 Å². The van der Waals surface area contributed by atoms with E-state index in [4.69, 9.17) is 4.74 Å². The van der Waals surface area contributed by atoms with E-state index in [1.54, 1.807) is 6.07 Å². The number of ether oxygens (including phenoxy) is 1. The van der Waals surface area contributed by atoms with E-state index in [9.17, 15) is 9.18 Å². The van der Waals surface area contributed by atoms with Crippen molar-refractivity contribution in [3.8, 4) is 5.69 Å². The van der Waals surface area contributed by atoms with E-state index >= 15 is 0 Å². The van der Waals surface area contributed by atoms with Gasteiger partial charge in [0, 0.05) is 32.3 Å². The van der Waals surface area contributed by atoms with Gasteiger partial charge in [0.2, 0.25) is 11.9 Å². The number of thioether (sulfide) groups is 1. The van der Waals surface area contributed by atoms with Gasteiger partial charge in [0.15, 0.2) is 5.16 Å². The molecule has 0 aliphatic carbocycles. The first kappa shape index (κ1) is 17.7. The van der Waals surface area contributed by atoms with Crippen LogP contribution in [0.4, 0.5) is 10.3 Å². The van der Waals surface area contributed by atoms with Crippen LogP contribution in [0.25, 0.3) is 5.69 Å². The third-order valence-electron chi connectivity index (χ3n) is 3.68. The van der Waals surface area contributed by atoms with Gasteiger partial charge in [-0.15, -0.1) is 10.2 Å². The molecule has 1 aliphatic rings. The Morgan fingerprint density at radius 3 is 2.88 bits per heavy atom. The largest absolute Gasteiger partial charge is 0.378 e. The van der Waals surface area contributed by atoms with Gasteiger partial charge in [0.05, 0.1) is 18.9 Å². The Kier molecular flexibility index (Phi) is 5.87. The zero-order chi connectivity index (χ0) is 17.6. The molecule has 0 atom stereocenters. The van der Waals surface area contributed by atoms with Gasteiger partial charge in [-0.1, -0.05) is 17.8 Å². The minimum Gasteiger partial charge on any atom is -0.378 e. The fourth-order valence-corrected chi connectivity index (χ4v) is 3.34. The maximum Gasteiger partial charge on any atom is 0.232 e. The lowest BCUT2D eigenvalue weighted by Gasteiger charge is -2.27. The van der Waals surface area contributed by atoms with Crippen molar-refractivity contribution in [3.63, 3.8) is 0 Å². The van der Waals surface area contributed by atoms with E-state index in [1.165, 1.54) is 30.8 Å². The van der Waals surface area contributed by atoms with Crippen molar-refractivity contribution >= 4 is 23.6 Å². The Labute approximate surface area is 149 Å². The number of nitrogens with zero attached hydrogens (tertiary/aromatic N) is 4. The number of nitrogens with one attached hydrogen (secondary N) is 1. The van der Waals surface area contributed by atoms with Gasteiger partial charge in [-0.3, -0.25) is 9.36 Å². The summed E-state index contributed by atoms with van der Waals surface area (Å²) >= 11 is 1.47. The minimum absolute atomic E-state index is 0.0683. The number of amides is 1. The topological polar surface area (TPSA) is 72.3 Å². The van der Waals surface area contributed by atoms with Crippen LogP contribution in [-0.4, -0.2) is 59.3 Å². The standard InChI is InChI=1S/C16H20FN5O2S/c1-12(23)18-5-10-25-16-20-19-15(21-6-8-24-9-7-21)22(16)14-4-2-3-13(17)11-14/h2-4,11H,5-10H2,1H3,(H,18,23). The third-order valence-corrected chi connectivity index (χ3v) is 4.61. The molecule has 1 aliphatic heterocycles. The third kappa shape index (κ3) is 4.49. The number of anilines is 1. The molecule has 1 saturated heterocycles. The number of benzene rings is 1. The highest BCUT2D eigenvalue weighted by Crippen LogP contribution is 2.27. The molecule has 1 aromatic heterocycles. The van der Waals surface area contributed by atoms with Gasteiger partial charge in [0.25, 0.3) is 0 Å². The number of aromatic nitrogens is 3. The van der Waals surface area contributed by atoms with E-state index in [1.807, 2.05) is 10.6 Å². The van der Waals surface area contributed by atoms with Crippen molar-refractivity contribution in [1.29, 1.82) is 0 Å². The van der Waals surface area contributed by atoms with Crippen LogP contribution in [0.5, 0.6) is 0 Å². The maximum absolute atomic E-state index is 13.7. The van der Waals surface area contributed by atoms with E-state index in [2.05, 4.69) is 20.4 Å². The average Bonchev–Trinajstić information content (AvgIpc) is 3.03. The highest BCUT2D eigenvalue weighted by atomic mass is 32.2. The van der Waals surface area contributed by atoms with Crippen LogP contribution in [0.15, 0.2) is 29.4 Å². The fraction of sp³-hybridized carbons (Fsp3) is 0.438. The van der Waals surface area contributed by atoms with Gasteiger partial charge in [-0.05, 0) is 18.2 Å². The molecule has 2 aromatic rings. The van der Waals surface area contributed by atoms with E-state index in [-0.39, 0.29) is 11.7 Å². The summed E-state index contributed by atoms with van der Waals surface area (Å²) in [4.78, 5) is 13.1. The lowest BCUT2D eigenvalue weighted by molar-refractivity contribution is -0.118. The number of rotatable bonds is 6. The Morgan fingerprint density at radius 1 is 1.36 bits per heavy atom. The number of hydrogen-bond donors (Lipinski definition) is 1. The summed E-state index contributed by atoms with van der Waals surface area (Å²) in [5, 5.41) is 12.0. The Morgan fingerprint density at radius 2 is 2.16 bits per heavy atom. The minimum atomic E-state index is -0.312. The lowest BCUT2D eigenvalue weighted by Crippen LogP contribution is -2.37. The molecule has 2 heterocycles. The zero-order valence-electron chi connectivity index (χ0n) is 13.9. The summed E-state index contributed by atoms with van der Waals surface area (Å²) in [5.41, 5.74) is 0.675.